The van der Waals surface area contributed by atoms with E-state index in [1.165, 1.54) is 0 Å². The van der Waals surface area contributed by atoms with Gasteiger partial charge in [0.25, 0.3) is 0 Å². The third-order valence-electron chi connectivity index (χ3n) is 5.82. The Bertz CT molecular complexity index is 1020. The lowest BCUT2D eigenvalue weighted by Crippen LogP contribution is -2.41. The van der Waals surface area contributed by atoms with Gasteiger partial charge in [-0.1, -0.05) is 24.3 Å². The first kappa shape index (κ1) is 20.1. The topological polar surface area (TPSA) is 76.2 Å². The molecular weight excluding hydrogens is 377 g/mol. The summed E-state index contributed by atoms with van der Waals surface area (Å²) in [5.41, 5.74) is 2.92. The zero-order valence-corrected chi connectivity index (χ0v) is 17.6. The van der Waals surface area contributed by atoms with Gasteiger partial charge in [0.05, 0.1) is 35.1 Å². The van der Waals surface area contributed by atoms with Gasteiger partial charge in [0.15, 0.2) is 0 Å². The Morgan fingerprint density at radius 1 is 0.933 bits per heavy atom. The SMILES string of the molecule is CC1(C)OB(c2ccc(CN(c3ccc(C#N)cc3)n3cnnc3)cc2)OC1(C)C. The van der Waals surface area contributed by atoms with Crippen molar-refractivity contribution in [3.63, 3.8) is 0 Å². The molecule has 1 fully saturated rings. The zero-order chi connectivity index (χ0) is 21.4. The van der Waals surface area contributed by atoms with Crippen LogP contribution in [-0.2, 0) is 15.9 Å². The minimum absolute atomic E-state index is 0.364. The first-order valence-electron chi connectivity index (χ1n) is 9.86. The summed E-state index contributed by atoms with van der Waals surface area (Å²) >= 11 is 0. The lowest BCUT2D eigenvalue weighted by atomic mass is 9.79. The quantitative estimate of drug-likeness (QED) is 0.612. The second-order valence-electron chi connectivity index (χ2n) is 8.39. The molecule has 0 aliphatic carbocycles. The van der Waals surface area contributed by atoms with Gasteiger partial charge in [-0.25, -0.2) is 4.68 Å². The predicted octanol–water partition coefficient (Wildman–Crippen LogP) is 2.92. The van der Waals surface area contributed by atoms with Gasteiger partial charge in [0, 0.05) is 0 Å². The van der Waals surface area contributed by atoms with E-state index < -0.39 is 0 Å². The molecule has 1 aliphatic heterocycles. The van der Waals surface area contributed by atoms with E-state index in [4.69, 9.17) is 14.6 Å². The van der Waals surface area contributed by atoms with Gasteiger partial charge < -0.3 is 9.31 Å². The van der Waals surface area contributed by atoms with Crippen molar-refractivity contribution < 1.29 is 9.31 Å². The maximum atomic E-state index is 9.06. The average Bonchev–Trinajstić information content (AvgIpc) is 3.33. The van der Waals surface area contributed by atoms with Gasteiger partial charge in [0.2, 0.25) is 0 Å². The van der Waals surface area contributed by atoms with Gasteiger partial charge >= 0.3 is 7.12 Å². The molecular formula is C22H24BN5O2. The summed E-state index contributed by atoms with van der Waals surface area (Å²) in [5, 5.41) is 18.9. The van der Waals surface area contributed by atoms with Crippen LogP contribution in [-0.4, -0.2) is 33.2 Å². The summed E-state index contributed by atoms with van der Waals surface area (Å²) in [5.74, 6) is 0. The molecule has 1 saturated heterocycles. The smallest absolute Gasteiger partial charge is 0.399 e. The lowest BCUT2D eigenvalue weighted by Gasteiger charge is -2.32. The molecule has 8 heteroatoms. The maximum absolute atomic E-state index is 9.06. The molecule has 0 atom stereocenters. The van der Waals surface area contributed by atoms with Gasteiger partial charge in [0.1, 0.15) is 12.7 Å². The number of anilines is 1. The number of nitrogens with zero attached hydrogens (tertiary/aromatic N) is 5. The zero-order valence-electron chi connectivity index (χ0n) is 17.6. The van der Waals surface area contributed by atoms with E-state index in [0.717, 1.165) is 16.7 Å². The number of benzene rings is 2. The molecule has 4 rings (SSSR count). The van der Waals surface area contributed by atoms with Gasteiger partial charge in [-0.2, -0.15) is 5.26 Å². The fourth-order valence-electron chi connectivity index (χ4n) is 3.27. The van der Waals surface area contributed by atoms with E-state index in [1.807, 2.05) is 34.0 Å². The van der Waals surface area contributed by atoms with E-state index in [9.17, 15) is 0 Å². The Morgan fingerprint density at radius 2 is 1.50 bits per heavy atom. The Hall–Kier alpha value is -3.15. The summed E-state index contributed by atoms with van der Waals surface area (Å²) in [4.78, 5) is 0. The van der Waals surface area contributed by atoms with Crippen LogP contribution >= 0.6 is 0 Å². The first-order valence-corrected chi connectivity index (χ1v) is 9.86. The minimum Gasteiger partial charge on any atom is -0.399 e. The molecule has 0 amide bonds. The van der Waals surface area contributed by atoms with Crippen LogP contribution < -0.4 is 10.5 Å². The first-order chi connectivity index (χ1) is 14.3. The average molecular weight is 401 g/mol. The second kappa shape index (κ2) is 7.60. The summed E-state index contributed by atoms with van der Waals surface area (Å²) < 4.78 is 14.1. The van der Waals surface area contributed by atoms with Crippen molar-refractivity contribution in [3.8, 4) is 6.07 Å². The summed E-state index contributed by atoms with van der Waals surface area (Å²) in [6, 6.07) is 17.8. The van der Waals surface area contributed by atoms with Crippen LogP contribution in [0.4, 0.5) is 5.69 Å². The molecule has 0 N–H and O–H groups in total. The fourth-order valence-corrected chi connectivity index (χ4v) is 3.27. The highest BCUT2D eigenvalue weighted by Crippen LogP contribution is 2.36. The standard InChI is InChI=1S/C22H24BN5O2/c1-21(2)22(3,4)30-23(29-21)19-9-5-18(6-10-19)14-28(27-15-25-26-16-27)20-11-7-17(13-24)8-12-20/h5-12,15-16H,14H2,1-4H3. The molecule has 2 heterocycles. The maximum Gasteiger partial charge on any atom is 0.494 e. The molecule has 0 spiro atoms. The molecule has 30 heavy (non-hydrogen) atoms. The molecule has 0 unspecified atom stereocenters. The molecule has 1 aliphatic rings. The molecule has 2 aromatic carbocycles. The third-order valence-corrected chi connectivity index (χ3v) is 5.82. The summed E-state index contributed by atoms with van der Waals surface area (Å²) in [6.07, 6.45) is 3.30. The molecule has 0 radical (unpaired) electrons. The molecule has 0 saturated carbocycles. The minimum atomic E-state index is -0.378. The van der Waals surface area contributed by atoms with Crippen LogP contribution in [0.15, 0.2) is 61.2 Å². The lowest BCUT2D eigenvalue weighted by molar-refractivity contribution is 0.00578. The van der Waals surface area contributed by atoms with E-state index in [1.54, 1.807) is 24.8 Å². The fraction of sp³-hybridized carbons (Fsp3) is 0.318. The molecule has 0 bridgehead atoms. The van der Waals surface area contributed by atoms with Crippen molar-refractivity contribution in [2.75, 3.05) is 5.01 Å². The van der Waals surface area contributed by atoms with Crippen molar-refractivity contribution in [1.29, 1.82) is 5.26 Å². The monoisotopic (exact) mass is 401 g/mol. The number of nitriles is 1. The van der Waals surface area contributed by atoms with E-state index in [2.05, 4.69) is 56.1 Å². The van der Waals surface area contributed by atoms with Crippen LogP contribution in [0.1, 0.15) is 38.8 Å². The Morgan fingerprint density at radius 3 is 2.03 bits per heavy atom. The van der Waals surface area contributed by atoms with E-state index >= 15 is 0 Å². The molecule has 152 valence electrons. The number of hydrogen-bond acceptors (Lipinski definition) is 6. The van der Waals surface area contributed by atoms with Crippen LogP contribution in [0.25, 0.3) is 0 Å². The van der Waals surface area contributed by atoms with Gasteiger partial charge in [-0.05, 0) is 63.0 Å². The van der Waals surface area contributed by atoms with Gasteiger partial charge in [-0.3, -0.25) is 5.01 Å². The third kappa shape index (κ3) is 3.82. The second-order valence-corrected chi connectivity index (χ2v) is 8.39. The Kier molecular flexibility index (Phi) is 5.10. The van der Waals surface area contributed by atoms with Crippen molar-refractivity contribution in [1.82, 2.24) is 14.9 Å². The van der Waals surface area contributed by atoms with Crippen LogP contribution in [0.2, 0.25) is 0 Å². The summed E-state index contributed by atoms with van der Waals surface area (Å²) in [6.45, 7) is 8.81. The number of hydrogen-bond donors (Lipinski definition) is 0. The highest BCUT2D eigenvalue weighted by atomic mass is 16.7. The normalized spacial score (nSPS) is 17.0. The predicted molar refractivity (Wildman–Crippen MR) is 115 cm³/mol. The number of rotatable bonds is 5. The molecule has 1 aromatic heterocycles. The van der Waals surface area contributed by atoms with E-state index in [-0.39, 0.29) is 18.3 Å². The van der Waals surface area contributed by atoms with Crippen LogP contribution in [0, 0.1) is 11.3 Å². The number of aromatic nitrogens is 3. The van der Waals surface area contributed by atoms with Crippen molar-refractivity contribution in [3.05, 3.63) is 72.3 Å². The van der Waals surface area contributed by atoms with Gasteiger partial charge in [-0.15, -0.1) is 10.2 Å². The summed E-state index contributed by atoms with van der Waals surface area (Å²) in [7, 11) is -0.378. The Labute approximate surface area is 177 Å². The molecule has 7 nitrogen and oxygen atoms in total. The van der Waals surface area contributed by atoms with Crippen LogP contribution in [0.3, 0.4) is 0 Å². The largest absolute Gasteiger partial charge is 0.494 e. The van der Waals surface area contributed by atoms with Crippen molar-refractivity contribution in [2.24, 2.45) is 0 Å². The van der Waals surface area contributed by atoms with Crippen LogP contribution in [0.5, 0.6) is 0 Å². The Balaban J connectivity index is 1.55. The highest BCUT2D eigenvalue weighted by Gasteiger charge is 2.51. The van der Waals surface area contributed by atoms with E-state index in [0.29, 0.717) is 12.1 Å². The van der Waals surface area contributed by atoms with Crippen molar-refractivity contribution >= 4 is 18.3 Å². The van der Waals surface area contributed by atoms with Crippen molar-refractivity contribution in [2.45, 2.75) is 45.4 Å². The highest BCUT2D eigenvalue weighted by molar-refractivity contribution is 6.62. The molecule has 3 aromatic rings.